The lowest BCUT2D eigenvalue weighted by Gasteiger charge is -2.29. The molecule has 0 aliphatic rings. The molecule has 0 aromatic rings. The quantitative estimate of drug-likeness (QED) is 0.0272. The highest BCUT2D eigenvalue weighted by molar-refractivity contribution is 7.45. The van der Waals surface area contributed by atoms with Crippen molar-refractivity contribution in [1.29, 1.82) is 0 Å². The maximum absolute atomic E-state index is 13.1. The van der Waals surface area contributed by atoms with Gasteiger partial charge in [0.1, 0.15) is 13.2 Å². The average Bonchev–Trinajstić information content (AvgIpc) is 3.49. The maximum atomic E-state index is 13.1. The molecule has 0 radical (unpaired) electrons. The fourth-order valence-corrected chi connectivity index (χ4v) is 12.3. The number of hydrogen-bond donors (Lipinski definition) is 2. The summed E-state index contributed by atoms with van der Waals surface area (Å²) in [6.45, 7) is 4.72. The molecule has 494 valence electrons. The summed E-state index contributed by atoms with van der Waals surface area (Å²) >= 11 is 0. The Hall–Kier alpha value is -1.02. The van der Waals surface area contributed by atoms with Gasteiger partial charge in [-0.15, -0.1) is 0 Å². The van der Waals surface area contributed by atoms with E-state index >= 15 is 0 Å². The number of aliphatic hydroxyl groups is 1. The molecule has 3 unspecified atom stereocenters. The number of amides is 1. The number of likely N-dealkylation sites (N-methyl/N-ethyl adjacent to an activating group) is 1. The first kappa shape index (κ1) is 82.0. The fraction of sp³-hybridized carbons (Fsp3) is 0.932. The van der Waals surface area contributed by atoms with Crippen LogP contribution in [0.25, 0.3) is 0 Å². The Morgan fingerprint density at radius 1 is 0.410 bits per heavy atom. The number of rotatable bonds is 70. The summed E-state index contributed by atoms with van der Waals surface area (Å²) in [6, 6.07) is -0.885. The number of carbonyl (C=O) groups is 1. The van der Waals surface area contributed by atoms with E-state index in [-0.39, 0.29) is 19.1 Å². The van der Waals surface area contributed by atoms with E-state index in [1.165, 1.54) is 334 Å². The van der Waals surface area contributed by atoms with E-state index < -0.39 is 20.0 Å². The fourth-order valence-electron chi connectivity index (χ4n) is 11.6. The van der Waals surface area contributed by atoms with E-state index in [1.54, 1.807) is 6.08 Å². The number of quaternary nitrogens is 1. The zero-order chi connectivity index (χ0) is 60.5. The molecule has 0 aliphatic heterocycles. The molecule has 0 saturated heterocycles. The van der Waals surface area contributed by atoms with E-state index in [2.05, 4.69) is 31.3 Å². The van der Waals surface area contributed by atoms with E-state index in [0.717, 1.165) is 38.5 Å². The summed E-state index contributed by atoms with van der Waals surface area (Å²) < 4.78 is 23.5. The van der Waals surface area contributed by atoms with Crippen molar-refractivity contribution in [2.75, 3.05) is 40.9 Å². The van der Waals surface area contributed by atoms with Crippen molar-refractivity contribution in [2.45, 2.75) is 405 Å². The van der Waals surface area contributed by atoms with E-state index in [1.807, 2.05) is 27.2 Å². The smallest absolute Gasteiger partial charge is 0.268 e. The summed E-state index contributed by atoms with van der Waals surface area (Å²) in [6.07, 6.45) is 86.1. The van der Waals surface area contributed by atoms with Crippen LogP contribution in [-0.4, -0.2) is 68.5 Å². The molecule has 0 aromatic carbocycles. The van der Waals surface area contributed by atoms with Crippen LogP contribution in [0.2, 0.25) is 0 Å². The van der Waals surface area contributed by atoms with Gasteiger partial charge in [-0.25, -0.2) is 0 Å². The first-order valence-corrected chi connectivity index (χ1v) is 38.7. The molecule has 0 spiro atoms. The van der Waals surface area contributed by atoms with Crippen LogP contribution in [0.4, 0.5) is 0 Å². The summed E-state index contributed by atoms with van der Waals surface area (Å²) in [4.78, 5) is 25.7. The number of phosphoric ester groups is 1. The Balaban J connectivity index is 3.99. The number of nitrogens with one attached hydrogen (secondary N) is 1. The number of phosphoric acid groups is 1. The average molecular weight is 1190 g/mol. The third-order valence-electron chi connectivity index (χ3n) is 17.4. The van der Waals surface area contributed by atoms with Crippen LogP contribution in [0.5, 0.6) is 0 Å². The van der Waals surface area contributed by atoms with Gasteiger partial charge in [-0.3, -0.25) is 9.36 Å². The second kappa shape index (κ2) is 65.4. The van der Waals surface area contributed by atoms with Crippen molar-refractivity contribution in [2.24, 2.45) is 0 Å². The van der Waals surface area contributed by atoms with Crippen molar-refractivity contribution in [1.82, 2.24) is 5.32 Å². The van der Waals surface area contributed by atoms with E-state index in [0.29, 0.717) is 17.4 Å². The van der Waals surface area contributed by atoms with Gasteiger partial charge < -0.3 is 28.8 Å². The Morgan fingerprint density at radius 3 is 0.940 bits per heavy atom. The Labute approximate surface area is 519 Å². The second-order valence-electron chi connectivity index (χ2n) is 27.0. The molecule has 83 heavy (non-hydrogen) atoms. The molecule has 0 fully saturated rings. The highest BCUT2D eigenvalue weighted by Crippen LogP contribution is 2.38. The van der Waals surface area contributed by atoms with Crippen LogP contribution in [0.15, 0.2) is 24.3 Å². The number of aliphatic hydroxyl groups excluding tert-OH is 1. The normalized spacial score (nSPS) is 13.7. The zero-order valence-electron chi connectivity index (χ0n) is 56.7. The Kier molecular flexibility index (Phi) is 64.6. The van der Waals surface area contributed by atoms with Gasteiger partial charge in [0.25, 0.3) is 7.82 Å². The Morgan fingerprint density at radius 2 is 0.663 bits per heavy atom. The van der Waals surface area contributed by atoms with Crippen LogP contribution in [0, 0.1) is 0 Å². The second-order valence-corrected chi connectivity index (χ2v) is 28.4. The molecule has 0 bridgehead atoms. The minimum absolute atomic E-state index is 0.00215. The highest BCUT2D eigenvalue weighted by atomic mass is 31.2. The molecular weight excluding hydrogens is 1040 g/mol. The van der Waals surface area contributed by atoms with Crippen molar-refractivity contribution >= 4 is 13.7 Å². The standard InChI is InChI=1S/C74H147N2O6P/c1-6-8-10-12-14-16-18-20-22-24-26-28-30-32-34-36-37-38-39-40-42-44-46-48-50-52-54-56-58-60-62-64-66-68-74(78)75-72(71-82-83(79,80)81-70-69-76(3,4)5)73(77)67-65-63-61-59-57-55-53-51-49-47-45-43-41-35-33-31-29-27-25-23-21-19-17-15-13-11-9-7-2/h24,26,65,67,72-73,77H,6-23,25,27-64,66,68-71H2,1-5H3,(H-,75,78,79,80)/b26-24-,67-65+. The van der Waals surface area contributed by atoms with Gasteiger partial charge in [-0.2, -0.15) is 0 Å². The molecule has 1 amide bonds. The molecule has 0 rings (SSSR count). The van der Waals surface area contributed by atoms with E-state index in [4.69, 9.17) is 9.05 Å². The number of hydrogen-bond acceptors (Lipinski definition) is 6. The monoisotopic (exact) mass is 1190 g/mol. The summed E-state index contributed by atoms with van der Waals surface area (Å²) in [5, 5.41) is 14.0. The van der Waals surface area contributed by atoms with Crippen LogP contribution < -0.4 is 10.2 Å². The van der Waals surface area contributed by atoms with E-state index in [9.17, 15) is 19.4 Å². The van der Waals surface area contributed by atoms with Crippen LogP contribution in [0.3, 0.4) is 0 Å². The molecule has 0 aliphatic carbocycles. The van der Waals surface area contributed by atoms with Gasteiger partial charge in [0.05, 0.1) is 39.9 Å². The molecule has 2 N–H and O–H groups in total. The molecule has 0 aromatic heterocycles. The topological polar surface area (TPSA) is 108 Å². The van der Waals surface area contributed by atoms with Gasteiger partial charge in [0, 0.05) is 6.42 Å². The van der Waals surface area contributed by atoms with Gasteiger partial charge >= 0.3 is 0 Å². The SMILES string of the molecule is CCCCCCCCCC/C=C\CCCCCCCCCCCCCCCCCCCCCCCC(=O)NC(COP(=O)([O-])OCC[N+](C)(C)C)C(O)/C=C/CCCCCCCCCCCCCCCCCCCCCCCCCCCC. The summed E-state index contributed by atoms with van der Waals surface area (Å²) in [5.74, 6) is -0.188. The third-order valence-corrected chi connectivity index (χ3v) is 18.4. The first-order valence-electron chi connectivity index (χ1n) is 37.2. The molecule has 0 saturated carbocycles. The lowest BCUT2D eigenvalue weighted by Crippen LogP contribution is -2.45. The predicted octanol–water partition coefficient (Wildman–Crippen LogP) is 23.2. The minimum Gasteiger partial charge on any atom is -0.756 e. The predicted molar refractivity (Wildman–Crippen MR) is 362 cm³/mol. The van der Waals surface area contributed by atoms with Crippen LogP contribution in [-0.2, 0) is 18.4 Å². The molecule has 0 heterocycles. The maximum Gasteiger partial charge on any atom is 0.268 e. The van der Waals surface area contributed by atoms with Gasteiger partial charge in [0.15, 0.2) is 0 Å². The third kappa shape index (κ3) is 68.3. The largest absolute Gasteiger partial charge is 0.756 e. The van der Waals surface area contributed by atoms with Crippen molar-refractivity contribution in [3.63, 3.8) is 0 Å². The molecule has 3 atom stereocenters. The van der Waals surface area contributed by atoms with Crippen molar-refractivity contribution in [3.8, 4) is 0 Å². The minimum atomic E-state index is -4.60. The van der Waals surface area contributed by atoms with Crippen molar-refractivity contribution in [3.05, 3.63) is 24.3 Å². The highest BCUT2D eigenvalue weighted by Gasteiger charge is 2.23. The summed E-state index contributed by atoms with van der Waals surface area (Å²) in [5.41, 5.74) is 0. The van der Waals surface area contributed by atoms with Crippen LogP contribution >= 0.6 is 7.82 Å². The number of allylic oxidation sites excluding steroid dienone is 3. The van der Waals surface area contributed by atoms with Crippen molar-refractivity contribution < 1.29 is 32.9 Å². The molecule has 9 heteroatoms. The molecular formula is C74H147N2O6P. The lowest BCUT2D eigenvalue weighted by molar-refractivity contribution is -0.870. The van der Waals surface area contributed by atoms with Gasteiger partial charge in [0.2, 0.25) is 5.91 Å². The number of unbranched alkanes of at least 4 members (excludes halogenated alkanes) is 55. The number of carbonyl (C=O) groups excluding carboxylic acids is 1. The summed E-state index contributed by atoms with van der Waals surface area (Å²) in [7, 11) is 1.28. The number of nitrogens with zero attached hydrogens (tertiary/aromatic N) is 1. The van der Waals surface area contributed by atoms with Crippen LogP contribution in [0.1, 0.15) is 393 Å². The van der Waals surface area contributed by atoms with Gasteiger partial charge in [-0.05, 0) is 44.9 Å². The zero-order valence-corrected chi connectivity index (χ0v) is 57.6. The Bertz CT molecular complexity index is 1400. The van der Waals surface area contributed by atoms with Gasteiger partial charge in [-0.1, -0.05) is 366 Å². The lowest BCUT2D eigenvalue weighted by atomic mass is 10.0. The molecule has 8 nitrogen and oxygen atoms in total. The first-order chi connectivity index (χ1) is 40.5.